The Morgan fingerprint density at radius 2 is 2.00 bits per heavy atom. The van der Waals surface area contributed by atoms with Crippen molar-refractivity contribution in [3.63, 3.8) is 0 Å². The molecule has 58 valence electrons. The summed E-state index contributed by atoms with van der Waals surface area (Å²) in [5.74, 6) is 0.320. The second kappa shape index (κ2) is 2.70. The van der Waals surface area contributed by atoms with E-state index < -0.39 is 6.10 Å². The van der Waals surface area contributed by atoms with Crippen LogP contribution >= 0.6 is 0 Å². The molecule has 1 unspecified atom stereocenters. The highest BCUT2D eigenvalue weighted by atomic mass is 16.3. The zero-order valence-corrected chi connectivity index (χ0v) is 6.50. The van der Waals surface area contributed by atoms with E-state index in [1.807, 2.05) is 13.8 Å². The van der Waals surface area contributed by atoms with E-state index in [1.165, 1.54) is 0 Å². The van der Waals surface area contributed by atoms with E-state index in [9.17, 15) is 9.90 Å². The van der Waals surface area contributed by atoms with Crippen molar-refractivity contribution in [2.75, 3.05) is 0 Å². The van der Waals surface area contributed by atoms with Crippen LogP contribution in [0.1, 0.15) is 26.7 Å². The number of hydrogen-bond acceptors (Lipinski definition) is 2. The van der Waals surface area contributed by atoms with Gasteiger partial charge in [-0.1, -0.05) is 13.8 Å². The van der Waals surface area contributed by atoms with Crippen LogP contribution < -0.4 is 0 Å². The Balaban J connectivity index is 2.38. The zero-order valence-electron chi connectivity index (χ0n) is 6.50. The lowest BCUT2D eigenvalue weighted by atomic mass is 10.0. The summed E-state index contributed by atoms with van der Waals surface area (Å²) in [5.41, 5.74) is 0. The van der Waals surface area contributed by atoms with Crippen molar-refractivity contribution in [3.8, 4) is 0 Å². The molecule has 0 aliphatic heterocycles. The van der Waals surface area contributed by atoms with Gasteiger partial charge in [0, 0.05) is 5.92 Å². The van der Waals surface area contributed by atoms with Gasteiger partial charge in [-0.05, 0) is 18.8 Å². The fourth-order valence-corrected chi connectivity index (χ4v) is 0.938. The first-order valence-corrected chi connectivity index (χ1v) is 3.84. The Bertz CT molecular complexity index is 136. The smallest absolute Gasteiger partial charge is 0.164 e. The van der Waals surface area contributed by atoms with Gasteiger partial charge >= 0.3 is 0 Å². The molecular weight excluding hydrogens is 128 g/mol. The summed E-state index contributed by atoms with van der Waals surface area (Å²) in [5, 5.41) is 9.26. The van der Waals surface area contributed by atoms with Crippen LogP contribution in [0.2, 0.25) is 0 Å². The Hall–Kier alpha value is -0.370. The summed E-state index contributed by atoms with van der Waals surface area (Å²) >= 11 is 0. The van der Waals surface area contributed by atoms with Gasteiger partial charge in [0.15, 0.2) is 5.78 Å². The number of carbonyl (C=O) groups is 1. The van der Waals surface area contributed by atoms with Crippen molar-refractivity contribution in [1.29, 1.82) is 0 Å². The van der Waals surface area contributed by atoms with E-state index >= 15 is 0 Å². The van der Waals surface area contributed by atoms with Gasteiger partial charge in [-0.25, -0.2) is 0 Å². The summed E-state index contributed by atoms with van der Waals surface area (Å²) in [6.07, 6.45) is 1.26. The van der Waals surface area contributed by atoms with Crippen LogP contribution in [-0.2, 0) is 4.79 Å². The van der Waals surface area contributed by atoms with Gasteiger partial charge in [-0.15, -0.1) is 0 Å². The molecule has 0 bridgehead atoms. The first-order valence-electron chi connectivity index (χ1n) is 3.84. The maximum atomic E-state index is 11.1. The number of aliphatic hydroxyl groups is 1. The van der Waals surface area contributed by atoms with E-state index in [0.29, 0.717) is 0 Å². The minimum atomic E-state index is -0.715. The number of aliphatic hydroxyl groups excluding tert-OH is 1. The Morgan fingerprint density at radius 3 is 2.30 bits per heavy atom. The molecule has 0 spiro atoms. The molecule has 0 aromatic rings. The largest absolute Gasteiger partial charge is 0.385 e. The summed E-state index contributed by atoms with van der Waals surface area (Å²) in [4.78, 5) is 11.1. The number of rotatable bonds is 3. The van der Waals surface area contributed by atoms with Crippen molar-refractivity contribution in [3.05, 3.63) is 0 Å². The lowest BCUT2D eigenvalue weighted by molar-refractivity contribution is -0.130. The second-order valence-electron chi connectivity index (χ2n) is 3.37. The second-order valence-corrected chi connectivity index (χ2v) is 3.37. The predicted molar refractivity (Wildman–Crippen MR) is 38.6 cm³/mol. The maximum Gasteiger partial charge on any atom is 0.164 e. The molecule has 10 heavy (non-hydrogen) atoms. The Kier molecular flexibility index (Phi) is 2.09. The van der Waals surface area contributed by atoms with Gasteiger partial charge in [0.2, 0.25) is 0 Å². The van der Waals surface area contributed by atoms with Crippen molar-refractivity contribution in [2.24, 2.45) is 11.8 Å². The molecule has 1 aliphatic rings. The summed E-state index contributed by atoms with van der Waals surface area (Å²) in [6, 6.07) is 0. The minimum absolute atomic E-state index is 0.0509. The standard InChI is InChI=1S/C8H14O2/c1-5(2)7(9)8(10)6-3-4-6/h5-7,9H,3-4H2,1-2H3. The van der Waals surface area contributed by atoms with Gasteiger partial charge in [0.1, 0.15) is 6.10 Å². The topological polar surface area (TPSA) is 37.3 Å². The number of Topliss-reactive ketones (excluding diaryl/α,β-unsaturated/α-hetero) is 1. The molecule has 0 aromatic carbocycles. The molecular formula is C8H14O2. The molecule has 2 nitrogen and oxygen atoms in total. The first-order chi connectivity index (χ1) is 4.63. The van der Waals surface area contributed by atoms with Gasteiger partial charge < -0.3 is 5.11 Å². The summed E-state index contributed by atoms with van der Waals surface area (Å²) < 4.78 is 0. The molecule has 1 rings (SSSR count). The van der Waals surface area contributed by atoms with Crippen LogP contribution in [0.3, 0.4) is 0 Å². The molecule has 0 radical (unpaired) electrons. The quantitative estimate of drug-likeness (QED) is 0.637. The highest BCUT2D eigenvalue weighted by molar-refractivity contribution is 5.87. The fourth-order valence-electron chi connectivity index (χ4n) is 0.938. The highest BCUT2D eigenvalue weighted by Crippen LogP contribution is 2.31. The van der Waals surface area contributed by atoms with Gasteiger partial charge in [0.25, 0.3) is 0 Å². The van der Waals surface area contributed by atoms with Crippen molar-refractivity contribution >= 4 is 5.78 Å². The first kappa shape index (κ1) is 7.73. The van der Waals surface area contributed by atoms with Crippen LogP contribution in [0, 0.1) is 11.8 Å². The van der Waals surface area contributed by atoms with Crippen molar-refractivity contribution in [1.82, 2.24) is 0 Å². The van der Waals surface area contributed by atoms with Crippen molar-refractivity contribution < 1.29 is 9.90 Å². The molecule has 0 saturated heterocycles. The number of carbonyl (C=O) groups excluding carboxylic acids is 1. The van der Waals surface area contributed by atoms with Crippen LogP contribution in [-0.4, -0.2) is 17.0 Å². The molecule has 1 atom stereocenters. The van der Waals surface area contributed by atoms with Gasteiger partial charge in [0.05, 0.1) is 0 Å². The van der Waals surface area contributed by atoms with Gasteiger partial charge in [-0.2, -0.15) is 0 Å². The Morgan fingerprint density at radius 1 is 1.50 bits per heavy atom. The van der Waals surface area contributed by atoms with E-state index in [0.717, 1.165) is 12.8 Å². The predicted octanol–water partition coefficient (Wildman–Crippen LogP) is 0.982. The third kappa shape index (κ3) is 1.57. The SMILES string of the molecule is CC(C)C(O)C(=O)C1CC1. The molecule has 0 aromatic heterocycles. The van der Waals surface area contributed by atoms with E-state index in [-0.39, 0.29) is 17.6 Å². The number of hydrogen-bond donors (Lipinski definition) is 1. The van der Waals surface area contributed by atoms with Crippen molar-refractivity contribution in [2.45, 2.75) is 32.8 Å². The summed E-state index contributed by atoms with van der Waals surface area (Å²) in [7, 11) is 0. The average molecular weight is 142 g/mol. The molecule has 1 N–H and O–H groups in total. The zero-order chi connectivity index (χ0) is 7.72. The van der Waals surface area contributed by atoms with Crippen LogP contribution in [0.4, 0.5) is 0 Å². The minimum Gasteiger partial charge on any atom is -0.385 e. The average Bonchev–Trinajstić information content (AvgIpc) is 2.65. The highest BCUT2D eigenvalue weighted by Gasteiger charge is 2.34. The van der Waals surface area contributed by atoms with Crippen LogP contribution in [0.25, 0.3) is 0 Å². The Labute approximate surface area is 61.2 Å². The van der Waals surface area contributed by atoms with E-state index in [2.05, 4.69) is 0 Å². The third-order valence-electron chi connectivity index (χ3n) is 1.90. The summed E-state index contributed by atoms with van der Waals surface area (Å²) in [6.45, 7) is 3.73. The van der Waals surface area contributed by atoms with E-state index in [1.54, 1.807) is 0 Å². The molecule has 0 amide bonds. The number of ketones is 1. The van der Waals surface area contributed by atoms with E-state index in [4.69, 9.17) is 0 Å². The lowest BCUT2D eigenvalue weighted by Gasteiger charge is -2.11. The molecule has 2 heteroatoms. The lowest BCUT2D eigenvalue weighted by Crippen LogP contribution is -2.27. The molecule has 1 aliphatic carbocycles. The fraction of sp³-hybridized carbons (Fsp3) is 0.875. The van der Waals surface area contributed by atoms with Crippen LogP contribution in [0.15, 0.2) is 0 Å². The molecule has 1 fully saturated rings. The van der Waals surface area contributed by atoms with Crippen LogP contribution in [0.5, 0.6) is 0 Å². The van der Waals surface area contributed by atoms with Gasteiger partial charge in [-0.3, -0.25) is 4.79 Å². The third-order valence-corrected chi connectivity index (χ3v) is 1.90. The monoisotopic (exact) mass is 142 g/mol. The maximum absolute atomic E-state index is 11.1. The molecule has 0 heterocycles. The molecule has 1 saturated carbocycles. The normalized spacial score (nSPS) is 21.2.